The van der Waals surface area contributed by atoms with Crippen molar-refractivity contribution in [2.45, 2.75) is 44.9 Å². The van der Waals surface area contributed by atoms with Gasteiger partial charge in [-0.05, 0) is 61.6 Å². The molecule has 0 saturated carbocycles. The molecular weight excluding hydrogens is 374 g/mol. The summed E-state index contributed by atoms with van der Waals surface area (Å²) in [4.78, 5) is 12.4. The highest BCUT2D eigenvalue weighted by molar-refractivity contribution is 5.68. The van der Waals surface area contributed by atoms with E-state index < -0.39 is 11.7 Å². The van der Waals surface area contributed by atoms with E-state index in [1.807, 2.05) is 63.2 Å². The van der Waals surface area contributed by atoms with Crippen molar-refractivity contribution < 1.29 is 14.3 Å². The average Bonchev–Trinajstić information content (AvgIpc) is 3.05. The minimum absolute atomic E-state index is 0.189. The summed E-state index contributed by atoms with van der Waals surface area (Å²) in [5.74, 6) is 0.771. The molecule has 30 heavy (non-hydrogen) atoms. The second-order valence-electron chi connectivity index (χ2n) is 8.58. The minimum atomic E-state index is -0.542. The lowest BCUT2D eigenvalue weighted by molar-refractivity contribution is 0.0456. The number of hydrogen-bond donors (Lipinski definition) is 1. The van der Waals surface area contributed by atoms with Gasteiger partial charge in [0, 0.05) is 0 Å². The first-order valence-corrected chi connectivity index (χ1v) is 10.3. The van der Waals surface area contributed by atoms with Crippen molar-refractivity contribution in [2.75, 3.05) is 0 Å². The van der Waals surface area contributed by atoms with E-state index in [1.54, 1.807) is 0 Å². The molecule has 0 heterocycles. The van der Waals surface area contributed by atoms with Crippen LogP contribution in [0.25, 0.3) is 11.1 Å². The van der Waals surface area contributed by atoms with Crippen molar-refractivity contribution in [3.8, 4) is 16.9 Å². The summed E-state index contributed by atoms with van der Waals surface area (Å²) in [5.41, 5.74) is 4.05. The van der Waals surface area contributed by atoms with Crippen molar-refractivity contribution in [2.24, 2.45) is 0 Å². The van der Waals surface area contributed by atoms with E-state index in [0.717, 1.165) is 16.9 Å². The number of carbonyl (C=O) groups is 1. The summed E-state index contributed by atoms with van der Waals surface area (Å²) in [6.07, 6.45) is 0.0203. The Hall–Kier alpha value is -3.27. The molecule has 0 aliphatic heterocycles. The molecular formula is C26H27NO3. The number of carbonyl (C=O) groups excluding carboxylic acids is 1. The Morgan fingerprint density at radius 3 is 2.20 bits per heavy atom. The van der Waals surface area contributed by atoms with Gasteiger partial charge in [0.05, 0.1) is 6.04 Å². The SMILES string of the molecule is CC(C)(C)OC(=O)N[C@H]1Cc2ccccc2[C@H]1Oc1ccc(-c2ccccc2)cc1. The molecule has 1 amide bonds. The van der Waals surface area contributed by atoms with Crippen molar-refractivity contribution in [1.82, 2.24) is 5.32 Å². The molecule has 0 unspecified atom stereocenters. The standard InChI is InChI=1S/C26H27NO3/c1-26(2,3)30-25(28)27-23-17-20-11-7-8-12-22(20)24(23)29-21-15-13-19(14-16-21)18-9-5-4-6-10-18/h4-16,23-24H,17H2,1-3H3,(H,27,28)/t23-,24+/m0/s1. The summed E-state index contributed by atoms with van der Waals surface area (Å²) in [5, 5.41) is 3.00. The molecule has 0 radical (unpaired) electrons. The third-order valence-electron chi connectivity index (χ3n) is 5.09. The smallest absolute Gasteiger partial charge is 0.408 e. The molecule has 0 saturated heterocycles. The largest absolute Gasteiger partial charge is 0.484 e. The van der Waals surface area contributed by atoms with Gasteiger partial charge in [-0.1, -0.05) is 66.7 Å². The van der Waals surface area contributed by atoms with Gasteiger partial charge < -0.3 is 14.8 Å². The van der Waals surface area contributed by atoms with Crippen molar-refractivity contribution in [3.63, 3.8) is 0 Å². The van der Waals surface area contributed by atoms with E-state index in [0.29, 0.717) is 6.42 Å². The van der Waals surface area contributed by atoms with Gasteiger partial charge >= 0.3 is 6.09 Å². The molecule has 0 aromatic heterocycles. The van der Waals surface area contributed by atoms with Crippen LogP contribution in [-0.4, -0.2) is 17.7 Å². The number of ether oxygens (including phenoxy) is 2. The highest BCUT2D eigenvalue weighted by Crippen LogP contribution is 2.36. The molecule has 3 aromatic carbocycles. The first-order chi connectivity index (χ1) is 14.4. The third kappa shape index (κ3) is 4.65. The Morgan fingerprint density at radius 2 is 1.50 bits per heavy atom. The minimum Gasteiger partial charge on any atom is -0.484 e. The van der Waals surface area contributed by atoms with Crippen LogP contribution in [0.15, 0.2) is 78.9 Å². The van der Waals surface area contributed by atoms with Gasteiger partial charge in [-0.3, -0.25) is 0 Å². The zero-order valence-corrected chi connectivity index (χ0v) is 17.6. The lowest BCUT2D eigenvalue weighted by Gasteiger charge is -2.26. The van der Waals surface area contributed by atoms with Gasteiger partial charge in [0.2, 0.25) is 0 Å². The van der Waals surface area contributed by atoms with Crippen LogP contribution in [0.3, 0.4) is 0 Å². The molecule has 1 aliphatic rings. The van der Waals surface area contributed by atoms with E-state index in [1.165, 1.54) is 11.1 Å². The molecule has 2 atom stereocenters. The fourth-order valence-corrected chi connectivity index (χ4v) is 3.79. The van der Waals surface area contributed by atoms with Gasteiger partial charge in [-0.15, -0.1) is 0 Å². The number of nitrogens with one attached hydrogen (secondary N) is 1. The van der Waals surface area contributed by atoms with E-state index in [2.05, 4.69) is 41.7 Å². The average molecular weight is 402 g/mol. The number of rotatable bonds is 4. The zero-order valence-electron chi connectivity index (χ0n) is 17.6. The summed E-state index contributed by atoms with van der Waals surface area (Å²) >= 11 is 0. The number of amides is 1. The molecule has 4 rings (SSSR count). The molecule has 4 heteroatoms. The van der Waals surface area contributed by atoms with Crippen LogP contribution in [0.5, 0.6) is 5.75 Å². The van der Waals surface area contributed by atoms with Gasteiger partial charge in [-0.25, -0.2) is 4.79 Å². The van der Waals surface area contributed by atoms with Crippen LogP contribution in [-0.2, 0) is 11.2 Å². The van der Waals surface area contributed by atoms with E-state index in [4.69, 9.17) is 9.47 Å². The topological polar surface area (TPSA) is 47.6 Å². The quantitative estimate of drug-likeness (QED) is 0.590. The summed E-state index contributed by atoms with van der Waals surface area (Å²) < 4.78 is 11.8. The Kier molecular flexibility index (Phi) is 5.49. The number of fused-ring (bicyclic) bond motifs is 1. The third-order valence-corrected chi connectivity index (χ3v) is 5.09. The van der Waals surface area contributed by atoms with Crippen LogP contribution in [0.4, 0.5) is 4.79 Å². The fraction of sp³-hybridized carbons (Fsp3) is 0.269. The highest BCUT2D eigenvalue weighted by Gasteiger charge is 2.36. The normalized spacial score (nSPS) is 17.8. The maximum atomic E-state index is 12.4. The van der Waals surface area contributed by atoms with Crippen LogP contribution >= 0.6 is 0 Å². The van der Waals surface area contributed by atoms with Crippen LogP contribution in [0.2, 0.25) is 0 Å². The van der Waals surface area contributed by atoms with Crippen LogP contribution < -0.4 is 10.1 Å². The van der Waals surface area contributed by atoms with Gasteiger partial charge in [0.25, 0.3) is 0 Å². The first-order valence-electron chi connectivity index (χ1n) is 10.3. The molecule has 1 N–H and O–H groups in total. The van der Waals surface area contributed by atoms with E-state index >= 15 is 0 Å². The molecule has 0 bridgehead atoms. The molecule has 0 spiro atoms. The first kappa shape index (κ1) is 20.0. The second kappa shape index (κ2) is 8.23. The molecule has 1 aliphatic carbocycles. The maximum absolute atomic E-state index is 12.4. The summed E-state index contributed by atoms with van der Waals surface area (Å²) in [7, 11) is 0. The highest BCUT2D eigenvalue weighted by atomic mass is 16.6. The van der Waals surface area contributed by atoms with Crippen LogP contribution in [0.1, 0.15) is 38.0 Å². The second-order valence-corrected chi connectivity index (χ2v) is 8.58. The predicted molar refractivity (Wildman–Crippen MR) is 119 cm³/mol. The van der Waals surface area contributed by atoms with Crippen LogP contribution in [0, 0.1) is 0 Å². The lowest BCUT2D eigenvalue weighted by Crippen LogP contribution is -2.42. The fourth-order valence-electron chi connectivity index (χ4n) is 3.79. The lowest BCUT2D eigenvalue weighted by atomic mass is 10.1. The number of benzene rings is 3. The van der Waals surface area contributed by atoms with Crippen molar-refractivity contribution >= 4 is 6.09 Å². The predicted octanol–water partition coefficient (Wildman–Crippen LogP) is 5.92. The molecule has 154 valence electrons. The van der Waals surface area contributed by atoms with Gasteiger partial charge in [0.15, 0.2) is 0 Å². The molecule has 4 nitrogen and oxygen atoms in total. The zero-order chi connectivity index (χ0) is 21.1. The Bertz CT molecular complexity index is 1010. The van der Waals surface area contributed by atoms with E-state index in [9.17, 15) is 4.79 Å². The van der Waals surface area contributed by atoms with Gasteiger partial charge in [-0.2, -0.15) is 0 Å². The van der Waals surface area contributed by atoms with E-state index in [-0.39, 0.29) is 12.1 Å². The Morgan fingerprint density at radius 1 is 0.867 bits per heavy atom. The van der Waals surface area contributed by atoms with Crippen molar-refractivity contribution in [3.05, 3.63) is 90.0 Å². The van der Waals surface area contributed by atoms with Crippen molar-refractivity contribution in [1.29, 1.82) is 0 Å². The number of alkyl carbamates (subject to hydrolysis) is 1. The Labute approximate surface area is 177 Å². The summed E-state index contributed by atoms with van der Waals surface area (Å²) in [6.45, 7) is 5.58. The molecule has 0 fully saturated rings. The Balaban J connectivity index is 1.53. The molecule has 3 aromatic rings. The number of hydrogen-bond acceptors (Lipinski definition) is 3. The monoisotopic (exact) mass is 401 g/mol. The summed E-state index contributed by atoms with van der Waals surface area (Å²) in [6, 6.07) is 26.3. The van der Waals surface area contributed by atoms with Gasteiger partial charge in [0.1, 0.15) is 17.5 Å². The maximum Gasteiger partial charge on any atom is 0.408 e.